The quantitative estimate of drug-likeness (QED) is 0.123. The Hall–Kier alpha value is -9.36. The van der Waals surface area contributed by atoms with Gasteiger partial charge in [-0.25, -0.2) is 0 Å². The van der Waals surface area contributed by atoms with E-state index in [0.29, 0.717) is 5.56 Å². The maximum absolute atomic E-state index is 10.2. The summed E-state index contributed by atoms with van der Waals surface area (Å²) in [5.74, 6) is 0. The maximum atomic E-state index is 10.2. The molecule has 0 amide bonds. The topological polar surface area (TPSA) is 41.6 Å². The standard InChI is InChI=1S/C66H39N3/c67-39-47-28-34-61-65-53(47)31-32-56-52(33-35-62(66(56)65)69(61)49-16-2-1-3-17-49)44-24-22-41(23-25-44)45-26-29-57-59(37-45)63(54-20-8-13-42-11-4-6-18-50(42)54)58-30-27-46(48-15-10-36-68-40-48)38-60(58)64(57)55-21-9-14-43-12-5-7-19-51(43)55/h1-38,40H. The van der Waals surface area contributed by atoms with Gasteiger partial charge in [0.15, 0.2) is 0 Å². The van der Waals surface area contributed by atoms with Gasteiger partial charge in [0, 0.05) is 39.8 Å². The van der Waals surface area contributed by atoms with Crippen molar-refractivity contribution >= 4 is 75.7 Å². The molecule has 2 aromatic heterocycles. The third-order valence-electron chi connectivity index (χ3n) is 14.5. The lowest BCUT2D eigenvalue weighted by Crippen LogP contribution is -1.94. The Kier molecular flexibility index (Phi) is 8.65. The molecule has 0 bridgehead atoms. The van der Waals surface area contributed by atoms with Crippen LogP contribution in [0.3, 0.4) is 0 Å². The van der Waals surface area contributed by atoms with E-state index in [0.717, 1.165) is 55.3 Å². The molecule has 0 aliphatic heterocycles. The fourth-order valence-corrected chi connectivity index (χ4v) is 11.4. The van der Waals surface area contributed by atoms with E-state index in [2.05, 4.69) is 228 Å². The van der Waals surface area contributed by atoms with Crippen molar-refractivity contribution in [1.29, 1.82) is 5.26 Å². The first kappa shape index (κ1) is 38.9. The van der Waals surface area contributed by atoms with E-state index in [-0.39, 0.29) is 0 Å². The highest BCUT2D eigenvalue weighted by Crippen LogP contribution is 2.49. The van der Waals surface area contributed by atoms with Gasteiger partial charge in [0.1, 0.15) is 0 Å². The van der Waals surface area contributed by atoms with Crippen LogP contribution in [-0.2, 0) is 0 Å². The summed E-state index contributed by atoms with van der Waals surface area (Å²) in [4.78, 5) is 4.51. The maximum Gasteiger partial charge on any atom is 0.0998 e. The minimum Gasteiger partial charge on any atom is -0.309 e. The molecule has 0 spiro atoms. The molecule has 2 heterocycles. The van der Waals surface area contributed by atoms with Crippen molar-refractivity contribution in [3.05, 3.63) is 242 Å². The van der Waals surface area contributed by atoms with Crippen molar-refractivity contribution in [2.24, 2.45) is 0 Å². The molecule has 0 N–H and O–H groups in total. The van der Waals surface area contributed by atoms with Gasteiger partial charge in [-0.05, 0) is 147 Å². The molecule has 3 nitrogen and oxygen atoms in total. The largest absolute Gasteiger partial charge is 0.309 e. The third kappa shape index (κ3) is 5.96. The summed E-state index contributed by atoms with van der Waals surface area (Å²) in [6.07, 6.45) is 3.79. The molecule has 12 aromatic carbocycles. The fraction of sp³-hybridized carbons (Fsp3) is 0. The lowest BCUT2D eigenvalue weighted by Gasteiger charge is -2.21. The van der Waals surface area contributed by atoms with Gasteiger partial charge in [-0.15, -0.1) is 0 Å². The van der Waals surface area contributed by atoms with Crippen LogP contribution in [0.15, 0.2) is 237 Å². The summed E-state index contributed by atoms with van der Waals surface area (Å²) in [6.45, 7) is 0. The summed E-state index contributed by atoms with van der Waals surface area (Å²) in [5.41, 5.74) is 15.7. The normalized spacial score (nSPS) is 11.8. The molecule has 0 atom stereocenters. The average molecular weight is 874 g/mol. The Balaban J connectivity index is 0.993. The molecule has 69 heavy (non-hydrogen) atoms. The second kappa shape index (κ2) is 15.4. The second-order valence-electron chi connectivity index (χ2n) is 18.1. The van der Waals surface area contributed by atoms with Crippen molar-refractivity contribution in [2.75, 3.05) is 0 Å². The third-order valence-corrected chi connectivity index (χ3v) is 14.5. The molecule has 318 valence electrons. The number of hydrogen-bond donors (Lipinski definition) is 0. The van der Waals surface area contributed by atoms with Crippen molar-refractivity contribution in [3.8, 4) is 67.4 Å². The molecule has 0 aliphatic carbocycles. The lowest BCUT2D eigenvalue weighted by atomic mass is 9.82. The van der Waals surface area contributed by atoms with Crippen LogP contribution in [0, 0.1) is 11.3 Å². The average Bonchev–Trinajstić information content (AvgIpc) is 3.77. The molecular weight excluding hydrogens is 835 g/mol. The number of fused-ring (bicyclic) bond motifs is 4. The predicted octanol–water partition coefficient (Wildman–Crippen LogP) is 17.6. The number of pyridine rings is 1. The Morgan fingerprint density at radius 2 is 0.884 bits per heavy atom. The first-order valence-corrected chi connectivity index (χ1v) is 23.5. The minimum atomic E-state index is 0.692. The summed E-state index contributed by atoms with van der Waals surface area (Å²) >= 11 is 0. The smallest absolute Gasteiger partial charge is 0.0998 e. The summed E-state index contributed by atoms with van der Waals surface area (Å²) < 4.78 is 2.33. The Morgan fingerprint density at radius 1 is 0.348 bits per heavy atom. The Labute approximate surface area is 398 Å². The van der Waals surface area contributed by atoms with Crippen LogP contribution in [0.1, 0.15) is 5.56 Å². The van der Waals surface area contributed by atoms with Gasteiger partial charge >= 0.3 is 0 Å². The van der Waals surface area contributed by atoms with Gasteiger partial charge in [-0.3, -0.25) is 4.98 Å². The van der Waals surface area contributed by atoms with E-state index in [4.69, 9.17) is 0 Å². The lowest BCUT2D eigenvalue weighted by molar-refractivity contribution is 1.18. The highest BCUT2D eigenvalue weighted by Gasteiger charge is 2.23. The number of hydrogen-bond acceptors (Lipinski definition) is 2. The molecule has 0 fully saturated rings. The van der Waals surface area contributed by atoms with Crippen LogP contribution < -0.4 is 0 Å². The van der Waals surface area contributed by atoms with E-state index in [9.17, 15) is 5.26 Å². The molecule has 0 saturated carbocycles. The summed E-state index contributed by atoms with van der Waals surface area (Å²) in [5, 5.41) is 24.3. The van der Waals surface area contributed by atoms with Crippen LogP contribution in [0.2, 0.25) is 0 Å². The van der Waals surface area contributed by atoms with E-state index >= 15 is 0 Å². The monoisotopic (exact) mass is 873 g/mol. The van der Waals surface area contributed by atoms with Crippen molar-refractivity contribution in [1.82, 2.24) is 9.55 Å². The second-order valence-corrected chi connectivity index (χ2v) is 18.1. The van der Waals surface area contributed by atoms with Gasteiger partial charge < -0.3 is 4.57 Å². The van der Waals surface area contributed by atoms with Crippen molar-refractivity contribution in [2.45, 2.75) is 0 Å². The first-order chi connectivity index (χ1) is 34.2. The highest BCUT2D eigenvalue weighted by molar-refractivity contribution is 6.28. The van der Waals surface area contributed by atoms with Crippen LogP contribution in [0.25, 0.3) is 137 Å². The SMILES string of the molecule is N#Cc1ccc2c3c1ccc1c(-c4ccc(-c5ccc6c(-c7cccc8ccccc78)c7cc(-c8cccnc8)ccc7c(-c7cccc8ccccc78)c6c5)cc4)ccc(c13)n2-c1ccccc1. The molecular formula is C66H39N3. The van der Waals surface area contributed by atoms with E-state index in [1.165, 1.54) is 81.7 Å². The predicted molar refractivity (Wildman–Crippen MR) is 289 cm³/mol. The van der Waals surface area contributed by atoms with Crippen LogP contribution >= 0.6 is 0 Å². The number of nitriles is 1. The van der Waals surface area contributed by atoms with Gasteiger partial charge in [0.2, 0.25) is 0 Å². The fourth-order valence-electron chi connectivity index (χ4n) is 11.4. The summed E-state index contributed by atoms with van der Waals surface area (Å²) in [7, 11) is 0. The van der Waals surface area contributed by atoms with Gasteiger partial charge in [-0.1, -0.05) is 176 Å². The minimum absolute atomic E-state index is 0.692. The molecule has 14 aromatic rings. The molecule has 3 heteroatoms. The Morgan fingerprint density at radius 3 is 1.52 bits per heavy atom. The number of aromatic nitrogens is 2. The molecule has 0 unspecified atom stereocenters. The number of benzene rings is 12. The number of rotatable bonds is 6. The van der Waals surface area contributed by atoms with Gasteiger partial charge in [0.05, 0.1) is 22.7 Å². The van der Waals surface area contributed by atoms with Crippen LogP contribution in [0.4, 0.5) is 0 Å². The molecule has 0 aliphatic rings. The Bertz CT molecular complexity index is 4400. The zero-order valence-electron chi connectivity index (χ0n) is 37.4. The van der Waals surface area contributed by atoms with Crippen molar-refractivity contribution in [3.63, 3.8) is 0 Å². The van der Waals surface area contributed by atoms with Crippen molar-refractivity contribution < 1.29 is 0 Å². The number of nitrogens with zero attached hydrogens (tertiary/aromatic N) is 3. The first-order valence-electron chi connectivity index (χ1n) is 23.5. The zero-order valence-corrected chi connectivity index (χ0v) is 37.4. The van der Waals surface area contributed by atoms with Gasteiger partial charge in [-0.2, -0.15) is 5.26 Å². The van der Waals surface area contributed by atoms with E-state index < -0.39 is 0 Å². The molecule has 0 saturated heterocycles. The highest BCUT2D eigenvalue weighted by atomic mass is 15.0. The molecule has 0 radical (unpaired) electrons. The van der Waals surface area contributed by atoms with E-state index in [1.807, 2.05) is 24.5 Å². The van der Waals surface area contributed by atoms with Crippen LogP contribution in [0.5, 0.6) is 0 Å². The zero-order chi connectivity index (χ0) is 45.6. The number of para-hydroxylation sites is 1. The van der Waals surface area contributed by atoms with Crippen LogP contribution in [-0.4, -0.2) is 9.55 Å². The van der Waals surface area contributed by atoms with E-state index in [1.54, 1.807) is 0 Å². The summed E-state index contributed by atoms with van der Waals surface area (Å²) in [6, 6.07) is 84.1. The molecule has 14 rings (SSSR count). The van der Waals surface area contributed by atoms with Gasteiger partial charge in [0.25, 0.3) is 0 Å².